The lowest BCUT2D eigenvalue weighted by molar-refractivity contribution is 0.0879. The number of rotatable bonds is 4. The number of carbonyl (C=O) groups is 1. The second kappa shape index (κ2) is 5.07. The molecular weight excluding hydrogens is 234 g/mol. The molecule has 2 N–H and O–H groups in total. The first-order chi connectivity index (χ1) is 8.56. The fourth-order valence-electron chi connectivity index (χ4n) is 2.14. The van der Waals surface area contributed by atoms with E-state index in [2.05, 4.69) is 5.10 Å². The van der Waals surface area contributed by atoms with Crippen LogP contribution in [0.1, 0.15) is 30.4 Å². The second-order valence-corrected chi connectivity index (χ2v) is 4.77. The summed E-state index contributed by atoms with van der Waals surface area (Å²) in [6.07, 6.45) is 1.56. The van der Waals surface area contributed by atoms with Crippen molar-refractivity contribution in [3.8, 4) is 5.75 Å². The van der Waals surface area contributed by atoms with Crippen molar-refractivity contribution in [1.82, 2.24) is 9.78 Å². The Bertz CT molecular complexity index is 442. The third kappa shape index (κ3) is 2.13. The summed E-state index contributed by atoms with van der Waals surface area (Å²) in [5, 5.41) is 4.19. The summed E-state index contributed by atoms with van der Waals surface area (Å²) in [5.74, 6) is 0.129. The van der Waals surface area contributed by atoms with Crippen LogP contribution >= 0.6 is 0 Å². The van der Waals surface area contributed by atoms with Crippen LogP contribution in [0, 0.1) is 5.92 Å². The van der Waals surface area contributed by atoms with E-state index in [1.807, 2.05) is 13.8 Å². The van der Waals surface area contributed by atoms with Gasteiger partial charge < -0.3 is 15.2 Å². The molecule has 0 amide bonds. The van der Waals surface area contributed by atoms with Gasteiger partial charge in [0.1, 0.15) is 5.69 Å². The van der Waals surface area contributed by atoms with Gasteiger partial charge in [-0.25, -0.2) is 0 Å². The highest BCUT2D eigenvalue weighted by Crippen LogP contribution is 2.26. The van der Waals surface area contributed by atoms with E-state index in [9.17, 15) is 4.79 Å². The summed E-state index contributed by atoms with van der Waals surface area (Å²) in [6, 6.07) is -0.163. The quantitative estimate of drug-likeness (QED) is 0.796. The minimum Gasteiger partial charge on any atom is -0.493 e. The molecule has 1 saturated heterocycles. The molecule has 18 heavy (non-hydrogen) atoms. The molecule has 0 aliphatic carbocycles. The van der Waals surface area contributed by atoms with Crippen molar-refractivity contribution in [1.29, 1.82) is 0 Å². The van der Waals surface area contributed by atoms with E-state index in [4.69, 9.17) is 15.2 Å². The van der Waals surface area contributed by atoms with Crippen LogP contribution in [0.15, 0.2) is 6.20 Å². The number of nitrogens with two attached hydrogens (primary N) is 1. The molecule has 6 nitrogen and oxygen atoms in total. The summed E-state index contributed by atoms with van der Waals surface area (Å²) in [6.45, 7) is 4.73. The van der Waals surface area contributed by atoms with Gasteiger partial charge in [-0.05, 0) is 13.8 Å². The summed E-state index contributed by atoms with van der Waals surface area (Å²) in [5.41, 5.74) is 6.37. The number of ketones is 1. The second-order valence-electron chi connectivity index (χ2n) is 4.77. The molecule has 1 aliphatic rings. The van der Waals surface area contributed by atoms with Crippen molar-refractivity contribution in [2.45, 2.75) is 25.9 Å². The fourth-order valence-corrected chi connectivity index (χ4v) is 2.14. The van der Waals surface area contributed by atoms with E-state index in [1.54, 1.807) is 10.9 Å². The molecule has 0 bridgehead atoms. The Morgan fingerprint density at radius 1 is 1.61 bits per heavy atom. The van der Waals surface area contributed by atoms with Crippen LogP contribution in [-0.2, 0) is 4.74 Å². The Labute approximate surface area is 106 Å². The number of aromatic nitrogens is 2. The number of hydrogen-bond acceptors (Lipinski definition) is 5. The Morgan fingerprint density at radius 2 is 2.33 bits per heavy atom. The van der Waals surface area contributed by atoms with Gasteiger partial charge in [0.2, 0.25) is 0 Å². The largest absolute Gasteiger partial charge is 0.493 e. The van der Waals surface area contributed by atoms with Crippen molar-refractivity contribution in [3.05, 3.63) is 11.9 Å². The number of methoxy groups -OCH3 is 1. The lowest BCUT2D eigenvalue weighted by atomic mass is 9.96. The van der Waals surface area contributed by atoms with Crippen LogP contribution in [0.25, 0.3) is 0 Å². The maximum Gasteiger partial charge on any atom is 0.191 e. The van der Waals surface area contributed by atoms with Crippen LogP contribution in [0.3, 0.4) is 0 Å². The minimum atomic E-state index is -0.312. The van der Waals surface area contributed by atoms with E-state index >= 15 is 0 Å². The van der Waals surface area contributed by atoms with Crippen molar-refractivity contribution >= 4 is 5.78 Å². The normalized spacial score (nSPS) is 23.6. The average molecular weight is 253 g/mol. The smallest absolute Gasteiger partial charge is 0.191 e. The number of Topliss-reactive ketones (excluding diaryl/α,β-unsaturated/α-hetero) is 1. The maximum absolute atomic E-state index is 12.5. The molecule has 1 aromatic heterocycles. The highest BCUT2D eigenvalue weighted by Gasteiger charge is 2.35. The molecule has 1 fully saturated rings. The first kappa shape index (κ1) is 13.0. The van der Waals surface area contributed by atoms with Crippen LogP contribution in [-0.4, -0.2) is 41.9 Å². The van der Waals surface area contributed by atoms with Gasteiger partial charge in [0.15, 0.2) is 11.5 Å². The van der Waals surface area contributed by atoms with Gasteiger partial charge in [0, 0.05) is 12.1 Å². The molecular formula is C12H19N3O3. The Morgan fingerprint density at radius 3 is 2.83 bits per heavy atom. The zero-order valence-corrected chi connectivity index (χ0v) is 10.9. The van der Waals surface area contributed by atoms with Crippen molar-refractivity contribution in [3.63, 3.8) is 0 Å². The van der Waals surface area contributed by atoms with Gasteiger partial charge in [0.25, 0.3) is 0 Å². The van der Waals surface area contributed by atoms with E-state index in [-0.39, 0.29) is 23.8 Å². The Balaban J connectivity index is 2.36. The molecule has 1 aliphatic heterocycles. The van der Waals surface area contributed by atoms with Gasteiger partial charge in [-0.3, -0.25) is 9.48 Å². The molecule has 1 aromatic rings. The van der Waals surface area contributed by atoms with Crippen LogP contribution in [0.2, 0.25) is 0 Å². The van der Waals surface area contributed by atoms with E-state index in [0.29, 0.717) is 24.7 Å². The van der Waals surface area contributed by atoms with Gasteiger partial charge >= 0.3 is 0 Å². The highest BCUT2D eigenvalue weighted by molar-refractivity contribution is 5.99. The standard InChI is InChI=1S/C12H19N3O3/c1-7(2)15-11(10(17-3)4-14-15)12(16)8-5-18-6-9(8)13/h4,7-9H,5-6,13H2,1-3H3. The first-order valence-electron chi connectivity index (χ1n) is 6.05. The van der Waals surface area contributed by atoms with Gasteiger partial charge in [-0.2, -0.15) is 5.10 Å². The first-order valence-corrected chi connectivity index (χ1v) is 6.05. The van der Waals surface area contributed by atoms with E-state index in [0.717, 1.165) is 0 Å². The minimum absolute atomic E-state index is 0.0527. The Kier molecular flexibility index (Phi) is 3.68. The molecule has 100 valence electrons. The molecule has 2 unspecified atom stereocenters. The number of ether oxygens (including phenoxy) is 2. The molecule has 0 spiro atoms. The van der Waals surface area contributed by atoms with Crippen molar-refractivity contribution in [2.75, 3.05) is 20.3 Å². The summed E-state index contributed by atoms with van der Waals surface area (Å²) >= 11 is 0. The van der Waals surface area contributed by atoms with Crippen molar-refractivity contribution < 1.29 is 14.3 Å². The zero-order valence-electron chi connectivity index (χ0n) is 10.9. The molecule has 2 atom stereocenters. The average Bonchev–Trinajstić information content (AvgIpc) is 2.93. The summed E-state index contributed by atoms with van der Waals surface area (Å²) < 4.78 is 12.1. The number of carbonyl (C=O) groups excluding carboxylic acids is 1. The topological polar surface area (TPSA) is 79.4 Å². The molecule has 2 rings (SSSR count). The van der Waals surface area contributed by atoms with E-state index in [1.165, 1.54) is 7.11 Å². The van der Waals surface area contributed by atoms with Crippen molar-refractivity contribution in [2.24, 2.45) is 11.7 Å². The molecule has 6 heteroatoms. The molecule has 0 radical (unpaired) electrons. The zero-order chi connectivity index (χ0) is 13.3. The number of hydrogen-bond donors (Lipinski definition) is 1. The SMILES string of the molecule is COc1cnn(C(C)C)c1C(=O)C1COCC1N. The number of nitrogens with zero attached hydrogens (tertiary/aromatic N) is 2. The van der Waals surface area contributed by atoms with Gasteiger partial charge in [0.05, 0.1) is 32.4 Å². The highest BCUT2D eigenvalue weighted by atomic mass is 16.5. The lowest BCUT2D eigenvalue weighted by Crippen LogP contribution is -2.35. The maximum atomic E-state index is 12.5. The lowest BCUT2D eigenvalue weighted by Gasteiger charge is -2.16. The molecule has 0 saturated carbocycles. The Hall–Kier alpha value is -1.40. The molecule has 0 aromatic carbocycles. The summed E-state index contributed by atoms with van der Waals surface area (Å²) in [4.78, 5) is 12.5. The third-order valence-corrected chi connectivity index (χ3v) is 3.17. The van der Waals surface area contributed by atoms with Gasteiger partial charge in [-0.1, -0.05) is 0 Å². The van der Waals surface area contributed by atoms with Crippen LogP contribution in [0.4, 0.5) is 0 Å². The summed E-state index contributed by atoms with van der Waals surface area (Å²) in [7, 11) is 1.53. The predicted molar refractivity (Wildman–Crippen MR) is 65.8 cm³/mol. The third-order valence-electron chi connectivity index (χ3n) is 3.17. The van der Waals surface area contributed by atoms with Crippen LogP contribution < -0.4 is 10.5 Å². The fraction of sp³-hybridized carbons (Fsp3) is 0.667. The van der Waals surface area contributed by atoms with E-state index < -0.39 is 0 Å². The van der Waals surface area contributed by atoms with Crippen LogP contribution in [0.5, 0.6) is 5.75 Å². The predicted octanol–water partition coefficient (Wildman–Crippen LogP) is 0.629. The molecule has 2 heterocycles. The van der Waals surface area contributed by atoms with Gasteiger partial charge in [-0.15, -0.1) is 0 Å². The monoisotopic (exact) mass is 253 g/mol.